The molecule has 1 aromatic heterocycles. The minimum Gasteiger partial charge on any atom is -0.357 e. The topological polar surface area (TPSA) is 16.1 Å². The molecule has 118 valence electrons. The lowest BCUT2D eigenvalue weighted by atomic mass is 9.86. The Morgan fingerprint density at radius 1 is 1.24 bits per heavy atom. The Bertz CT molecular complexity index is 469. The molecule has 0 bridgehead atoms. The first kappa shape index (κ1) is 16.6. The molecule has 2 rings (SSSR count). The standard InChI is InChI=1S/C18H29ClN2/c1-13(2)15-6-8-21(9-7-15)17-11-14(12-19)10-16(20-17)18(3,4)5/h10-11,13,15H,6-9,12H2,1-5H3. The van der Waals surface area contributed by atoms with Crippen molar-refractivity contribution in [2.24, 2.45) is 11.8 Å². The van der Waals surface area contributed by atoms with E-state index in [0.29, 0.717) is 5.88 Å². The van der Waals surface area contributed by atoms with E-state index >= 15 is 0 Å². The van der Waals surface area contributed by atoms with Gasteiger partial charge in [0, 0.05) is 30.1 Å². The monoisotopic (exact) mass is 308 g/mol. The van der Waals surface area contributed by atoms with Gasteiger partial charge in [0.05, 0.1) is 0 Å². The zero-order chi connectivity index (χ0) is 15.6. The summed E-state index contributed by atoms with van der Waals surface area (Å²) in [5.74, 6) is 3.32. The van der Waals surface area contributed by atoms with Gasteiger partial charge in [0.1, 0.15) is 5.82 Å². The van der Waals surface area contributed by atoms with Crippen LogP contribution < -0.4 is 4.90 Å². The van der Waals surface area contributed by atoms with Gasteiger partial charge >= 0.3 is 0 Å². The fraction of sp³-hybridized carbons (Fsp3) is 0.722. The van der Waals surface area contributed by atoms with Crippen LogP contribution >= 0.6 is 11.6 Å². The molecule has 0 aromatic carbocycles. The number of hydrogen-bond donors (Lipinski definition) is 0. The Morgan fingerprint density at radius 2 is 1.86 bits per heavy atom. The van der Waals surface area contributed by atoms with E-state index in [0.717, 1.165) is 36.4 Å². The van der Waals surface area contributed by atoms with E-state index in [4.69, 9.17) is 16.6 Å². The number of pyridine rings is 1. The molecule has 0 amide bonds. The zero-order valence-corrected chi connectivity index (χ0v) is 14.9. The summed E-state index contributed by atoms with van der Waals surface area (Å²) >= 11 is 6.08. The molecule has 0 N–H and O–H groups in total. The summed E-state index contributed by atoms with van der Waals surface area (Å²) in [6.07, 6.45) is 2.55. The van der Waals surface area contributed by atoms with Crippen molar-refractivity contribution in [2.45, 2.75) is 58.8 Å². The summed E-state index contributed by atoms with van der Waals surface area (Å²) < 4.78 is 0. The number of halogens is 1. The third-order valence-corrected chi connectivity index (χ3v) is 4.91. The maximum atomic E-state index is 6.08. The van der Waals surface area contributed by atoms with E-state index in [1.165, 1.54) is 18.4 Å². The van der Waals surface area contributed by atoms with Crippen molar-refractivity contribution in [3.05, 3.63) is 23.4 Å². The molecule has 0 atom stereocenters. The van der Waals surface area contributed by atoms with Crippen LogP contribution in [0, 0.1) is 11.8 Å². The van der Waals surface area contributed by atoms with Gasteiger partial charge in [0.25, 0.3) is 0 Å². The number of rotatable bonds is 3. The van der Waals surface area contributed by atoms with Gasteiger partial charge in [-0.3, -0.25) is 0 Å². The highest BCUT2D eigenvalue weighted by Gasteiger charge is 2.24. The lowest BCUT2D eigenvalue weighted by Crippen LogP contribution is -2.36. The van der Waals surface area contributed by atoms with Crippen LogP contribution in [-0.4, -0.2) is 18.1 Å². The summed E-state index contributed by atoms with van der Waals surface area (Å²) in [7, 11) is 0. The van der Waals surface area contributed by atoms with E-state index in [9.17, 15) is 0 Å². The molecule has 2 nitrogen and oxygen atoms in total. The quantitative estimate of drug-likeness (QED) is 0.731. The summed E-state index contributed by atoms with van der Waals surface area (Å²) in [5, 5.41) is 0. The van der Waals surface area contributed by atoms with Crippen LogP contribution in [0.2, 0.25) is 0 Å². The first-order valence-corrected chi connectivity index (χ1v) is 8.67. The van der Waals surface area contributed by atoms with E-state index in [1.807, 2.05) is 0 Å². The molecular formula is C18H29ClN2. The Balaban J connectivity index is 2.20. The Morgan fingerprint density at radius 3 is 2.33 bits per heavy atom. The second-order valence-corrected chi connectivity index (χ2v) is 7.94. The number of aromatic nitrogens is 1. The van der Waals surface area contributed by atoms with Crippen LogP contribution in [0.3, 0.4) is 0 Å². The van der Waals surface area contributed by atoms with Crippen molar-refractivity contribution in [1.82, 2.24) is 4.98 Å². The second-order valence-electron chi connectivity index (χ2n) is 7.67. The lowest BCUT2D eigenvalue weighted by Gasteiger charge is -2.35. The lowest BCUT2D eigenvalue weighted by molar-refractivity contribution is 0.310. The van der Waals surface area contributed by atoms with E-state index in [1.54, 1.807) is 0 Å². The maximum Gasteiger partial charge on any atom is 0.129 e. The van der Waals surface area contributed by atoms with Crippen LogP contribution in [0.1, 0.15) is 58.7 Å². The van der Waals surface area contributed by atoms with Crippen molar-refractivity contribution >= 4 is 17.4 Å². The van der Waals surface area contributed by atoms with Crippen LogP contribution in [0.15, 0.2) is 12.1 Å². The van der Waals surface area contributed by atoms with Crippen LogP contribution in [0.25, 0.3) is 0 Å². The molecule has 2 heterocycles. The summed E-state index contributed by atoms with van der Waals surface area (Å²) in [6.45, 7) is 13.5. The Hall–Kier alpha value is -0.760. The molecule has 1 aliphatic heterocycles. The third kappa shape index (κ3) is 4.12. The average Bonchev–Trinajstić information content (AvgIpc) is 2.46. The average molecular weight is 309 g/mol. The molecule has 0 radical (unpaired) electrons. The number of anilines is 1. The highest BCUT2D eigenvalue weighted by molar-refractivity contribution is 6.17. The predicted molar refractivity (Wildman–Crippen MR) is 92.3 cm³/mol. The van der Waals surface area contributed by atoms with Gasteiger partial charge in [-0.1, -0.05) is 34.6 Å². The number of piperidine rings is 1. The summed E-state index contributed by atoms with van der Waals surface area (Å²) in [5.41, 5.74) is 2.38. The predicted octanol–water partition coefficient (Wildman–Crippen LogP) is 4.99. The van der Waals surface area contributed by atoms with Gasteiger partial charge in [-0.25, -0.2) is 4.98 Å². The Labute approximate surface area is 134 Å². The maximum absolute atomic E-state index is 6.08. The molecule has 1 aromatic rings. The van der Waals surface area contributed by atoms with Crippen molar-refractivity contribution in [3.63, 3.8) is 0 Å². The number of alkyl halides is 1. The van der Waals surface area contributed by atoms with E-state index in [2.05, 4.69) is 51.7 Å². The molecule has 0 saturated carbocycles. The van der Waals surface area contributed by atoms with Crippen molar-refractivity contribution < 1.29 is 0 Å². The highest BCUT2D eigenvalue weighted by Crippen LogP contribution is 2.30. The molecule has 21 heavy (non-hydrogen) atoms. The van der Waals surface area contributed by atoms with Crippen LogP contribution in [0.4, 0.5) is 5.82 Å². The first-order valence-electron chi connectivity index (χ1n) is 8.13. The number of nitrogens with zero attached hydrogens (tertiary/aromatic N) is 2. The third-order valence-electron chi connectivity index (χ3n) is 4.60. The first-order chi connectivity index (χ1) is 9.81. The van der Waals surface area contributed by atoms with Gasteiger partial charge in [0.15, 0.2) is 0 Å². The largest absolute Gasteiger partial charge is 0.357 e. The summed E-state index contributed by atoms with van der Waals surface area (Å²) in [4.78, 5) is 7.35. The fourth-order valence-corrected chi connectivity index (χ4v) is 3.14. The molecular weight excluding hydrogens is 280 g/mol. The van der Waals surface area contributed by atoms with E-state index in [-0.39, 0.29) is 5.41 Å². The highest BCUT2D eigenvalue weighted by atomic mass is 35.5. The minimum atomic E-state index is 0.0626. The van der Waals surface area contributed by atoms with Gasteiger partial charge in [0.2, 0.25) is 0 Å². The molecule has 0 aliphatic carbocycles. The molecule has 3 heteroatoms. The van der Waals surface area contributed by atoms with Crippen molar-refractivity contribution in [2.75, 3.05) is 18.0 Å². The fourth-order valence-electron chi connectivity index (χ4n) is 2.99. The van der Waals surface area contributed by atoms with E-state index < -0.39 is 0 Å². The van der Waals surface area contributed by atoms with Gasteiger partial charge in [-0.15, -0.1) is 11.6 Å². The van der Waals surface area contributed by atoms with Gasteiger partial charge in [-0.05, 0) is 42.4 Å². The SMILES string of the molecule is CC(C)C1CCN(c2cc(CCl)cc(C(C)(C)C)n2)CC1. The molecule has 0 unspecified atom stereocenters. The molecule has 0 spiro atoms. The zero-order valence-electron chi connectivity index (χ0n) is 14.1. The Kier molecular flexibility index (Phi) is 5.19. The summed E-state index contributed by atoms with van der Waals surface area (Å²) in [6, 6.07) is 4.31. The van der Waals surface area contributed by atoms with Crippen LogP contribution in [0.5, 0.6) is 0 Å². The normalized spacial score (nSPS) is 17.6. The number of hydrogen-bond acceptors (Lipinski definition) is 2. The molecule has 1 saturated heterocycles. The second kappa shape index (κ2) is 6.56. The van der Waals surface area contributed by atoms with Gasteiger partial charge in [-0.2, -0.15) is 0 Å². The minimum absolute atomic E-state index is 0.0626. The van der Waals surface area contributed by atoms with Gasteiger partial charge < -0.3 is 4.90 Å². The van der Waals surface area contributed by atoms with Crippen LogP contribution in [-0.2, 0) is 11.3 Å². The molecule has 1 fully saturated rings. The van der Waals surface area contributed by atoms with Crippen molar-refractivity contribution in [1.29, 1.82) is 0 Å². The molecule has 1 aliphatic rings. The smallest absolute Gasteiger partial charge is 0.129 e. The van der Waals surface area contributed by atoms with Crippen molar-refractivity contribution in [3.8, 4) is 0 Å².